The Bertz CT molecular complexity index is 1810. The van der Waals surface area contributed by atoms with E-state index in [1.54, 1.807) is 0 Å². The lowest BCUT2D eigenvalue weighted by Crippen LogP contribution is -1.93. The van der Waals surface area contributed by atoms with Gasteiger partial charge in [-0.3, -0.25) is 0 Å². The molecule has 0 aliphatic heterocycles. The number of benzene rings is 7. The van der Waals surface area contributed by atoms with Gasteiger partial charge < -0.3 is 0 Å². The van der Waals surface area contributed by atoms with Gasteiger partial charge in [0, 0.05) is 0 Å². The van der Waals surface area contributed by atoms with Crippen LogP contribution < -0.4 is 0 Å². The van der Waals surface area contributed by atoms with Crippen LogP contribution in [-0.2, 0) is 0 Å². The first kappa shape index (κ1) is 20.7. The first-order valence-electron chi connectivity index (χ1n) is 12.5. The molecule has 168 valence electrons. The van der Waals surface area contributed by atoms with Gasteiger partial charge in [-0.05, 0) is 65.7 Å². The minimum atomic E-state index is 1.24. The highest BCUT2D eigenvalue weighted by Gasteiger charge is 2.19. The van der Waals surface area contributed by atoms with Crippen molar-refractivity contribution in [2.24, 2.45) is 0 Å². The second-order valence-corrected chi connectivity index (χ2v) is 9.28. The molecule has 0 radical (unpaired) electrons. The molecule has 0 heteroatoms. The van der Waals surface area contributed by atoms with Gasteiger partial charge in [-0.15, -0.1) is 0 Å². The Morgan fingerprint density at radius 1 is 0.250 bits per heavy atom. The van der Waals surface area contributed by atoms with Crippen molar-refractivity contribution in [1.29, 1.82) is 0 Å². The van der Waals surface area contributed by atoms with Crippen LogP contribution in [-0.4, -0.2) is 0 Å². The van der Waals surface area contributed by atoms with Crippen LogP contribution in [0, 0.1) is 0 Å². The molecule has 0 atom stereocenters. The van der Waals surface area contributed by atoms with Crippen molar-refractivity contribution in [3.05, 3.63) is 146 Å². The van der Waals surface area contributed by atoms with Crippen molar-refractivity contribution >= 4 is 32.3 Å². The highest BCUT2D eigenvalue weighted by atomic mass is 14.2. The molecule has 0 nitrogen and oxygen atoms in total. The van der Waals surface area contributed by atoms with Gasteiger partial charge in [0.2, 0.25) is 0 Å². The van der Waals surface area contributed by atoms with Gasteiger partial charge in [0.1, 0.15) is 0 Å². The van der Waals surface area contributed by atoms with Gasteiger partial charge in [0.25, 0.3) is 0 Å². The third-order valence-corrected chi connectivity index (χ3v) is 7.27. The molecule has 7 aromatic rings. The summed E-state index contributed by atoms with van der Waals surface area (Å²) >= 11 is 0. The first-order valence-corrected chi connectivity index (χ1v) is 12.5. The molecule has 0 amide bonds. The molecular weight excluding hydrogens is 432 g/mol. The average molecular weight is 457 g/mol. The maximum absolute atomic E-state index is 2.29. The summed E-state index contributed by atoms with van der Waals surface area (Å²) < 4.78 is 0. The lowest BCUT2D eigenvalue weighted by Gasteiger charge is -2.20. The third-order valence-electron chi connectivity index (χ3n) is 7.27. The van der Waals surface area contributed by atoms with E-state index < -0.39 is 0 Å². The molecule has 0 N–H and O–H groups in total. The molecule has 0 heterocycles. The summed E-state index contributed by atoms with van der Waals surface area (Å²) in [5, 5.41) is 7.68. The standard InChI is InChI=1S/C36H24/c1-2-13-25(14-3-1)27-18-6-7-19-29(27)35-31-20-8-10-22-33(31)36(34-23-11-9-21-32(34)35)30-24-12-16-26-15-4-5-17-28(26)30/h1-24H. The van der Waals surface area contributed by atoms with E-state index in [2.05, 4.69) is 146 Å². The summed E-state index contributed by atoms with van der Waals surface area (Å²) in [6.07, 6.45) is 0. The van der Waals surface area contributed by atoms with Crippen molar-refractivity contribution < 1.29 is 0 Å². The van der Waals surface area contributed by atoms with Crippen LogP contribution >= 0.6 is 0 Å². The van der Waals surface area contributed by atoms with Crippen molar-refractivity contribution in [2.75, 3.05) is 0 Å². The largest absolute Gasteiger partial charge is 0.0622 e. The summed E-state index contributed by atoms with van der Waals surface area (Å²) in [6, 6.07) is 52.7. The predicted octanol–water partition coefficient (Wildman–Crippen LogP) is 10.1. The molecule has 0 aliphatic carbocycles. The normalized spacial score (nSPS) is 11.3. The van der Waals surface area contributed by atoms with Crippen LogP contribution in [0.15, 0.2) is 146 Å². The van der Waals surface area contributed by atoms with Gasteiger partial charge in [0.15, 0.2) is 0 Å². The van der Waals surface area contributed by atoms with E-state index in [4.69, 9.17) is 0 Å². The zero-order valence-electron chi connectivity index (χ0n) is 19.9. The van der Waals surface area contributed by atoms with Gasteiger partial charge >= 0.3 is 0 Å². The molecule has 0 aromatic heterocycles. The lowest BCUT2D eigenvalue weighted by molar-refractivity contribution is 1.61. The van der Waals surface area contributed by atoms with E-state index in [1.807, 2.05) is 0 Å². The van der Waals surface area contributed by atoms with Crippen LogP contribution in [0.3, 0.4) is 0 Å². The molecule has 0 unspecified atom stereocenters. The van der Waals surface area contributed by atoms with E-state index in [0.29, 0.717) is 0 Å². The third kappa shape index (κ3) is 3.23. The van der Waals surface area contributed by atoms with Crippen LogP contribution in [0.5, 0.6) is 0 Å². The molecule has 0 spiro atoms. The Hall–Kier alpha value is -4.68. The average Bonchev–Trinajstić information content (AvgIpc) is 2.96. The van der Waals surface area contributed by atoms with Crippen molar-refractivity contribution in [3.63, 3.8) is 0 Å². The Balaban J connectivity index is 1.65. The maximum atomic E-state index is 2.29. The predicted molar refractivity (Wildman–Crippen MR) is 155 cm³/mol. The van der Waals surface area contributed by atoms with E-state index in [-0.39, 0.29) is 0 Å². The number of hydrogen-bond acceptors (Lipinski definition) is 0. The quantitative estimate of drug-likeness (QED) is 0.232. The highest BCUT2D eigenvalue weighted by Crippen LogP contribution is 2.46. The Morgan fingerprint density at radius 2 is 0.667 bits per heavy atom. The molecule has 36 heavy (non-hydrogen) atoms. The SMILES string of the molecule is c1ccc(-c2ccccc2-c2c3ccccc3c(-c3cccc4ccccc34)c3ccccc23)cc1. The summed E-state index contributed by atoms with van der Waals surface area (Å²) in [6.45, 7) is 0. The molecule has 0 fully saturated rings. The van der Waals surface area contributed by atoms with Gasteiger partial charge in [-0.25, -0.2) is 0 Å². The van der Waals surface area contributed by atoms with E-state index in [0.717, 1.165) is 0 Å². The fourth-order valence-electron chi connectivity index (χ4n) is 5.72. The minimum absolute atomic E-state index is 1.24. The van der Waals surface area contributed by atoms with E-state index >= 15 is 0 Å². The molecule has 0 saturated heterocycles. The summed E-state index contributed by atoms with van der Waals surface area (Å²) in [7, 11) is 0. The van der Waals surface area contributed by atoms with Crippen LogP contribution in [0.4, 0.5) is 0 Å². The monoisotopic (exact) mass is 456 g/mol. The van der Waals surface area contributed by atoms with E-state index in [9.17, 15) is 0 Å². The molecule has 0 saturated carbocycles. The van der Waals surface area contributed by atoms with Crippen LogP contribution in [0.2, 0.25) is 0 Å². The Kier molecular flexibility index (Phi) is 4.89. The topological polar surface area (TPSA) is 0 Å². The highest BCUT2D eigenvalue weighted by molar-refractivity contribution is 6.24. The fourth-order valence-corrected chi connectivity index (χ4v) is 5.72. The van der Waals surface area contributed by atoms with E-state index in [1.165, 1.54) is 65.7 Å². The zero-order valence-corrected chi connectivity index (χ0v) is 19.9. The number of fused-ring (bicyclic) bond motifs is 3. The second kappa shape index (κ2) is 8.52. The second-order valence-electron chi connectivity index (χ2n) is 9.28. The Morgan fingerprint density at radius 3 is 1.31 bits per heavy atom. The lowest BCUT2D eigenvalue weighted by atomic mass is 9.83. The zero-order chi connectivity index (χ0) is 23.9. The van der Waals surface area contributed by atoms with Crippen molar-refractivity contribution in [3.8, 4) is 33.4 Å². The van der Waals surface area contributed by atoms with Gasteiger partial charge in [0.05, 0.1) is 0 Å². The number of rotatable bonds is 3. The van der Waals surface area contributed by atoms with Crippen molar-refractivity contribution in [2.45, 2.75) is 0 Å². The molecule has 0 bridgehead atoms. The van der Waals surface area contributed by atoms with Gasteiger partial charge in [-0.2, -0.15) is 0 Å². The molecule has 7 rings (SSSR count). The molecular formula is C36H24. The Labute approximate surface area is 211 Å². The molecule has 0 aliphatic rings. The van der Waals surface area contributed by atoms with Crippen LogP contribution in [0.25, 0.3) is 65.7 Å². The first-order chi connectivity index (χ1) is 17.9. The van der Waals surface area contributed by atoms with Crippen molar-refractivity contribution in [1.82, 2.24) is 0 Å². The fraction of sp³-hybridized carbons (Fsp3) is 0. The van der Waals surface area contributed by atoms with Crippen LogP contribution in [0.1, 0.15) is 0 Å². The summed E-state index contributed by atoms with van der Waals surface area (Å²) in [5.74, 6) is 0. The smallest absolute Gasteiger partial charge is 0.00201 e. The van der Waals surface area contributed by atoms with Gasteiger partial charge in [-0.1, -0.05) is 146 Å². The molecule has 7 aromatic carbocycles. The summed E-state index contributed by atoms with van der Waals surface area (Å²) in [4.78, 5) is 0. The maximum Gasteiger partial charge on any atom is -0.00201 e. The minimum Gasteiger partial charge on any atom is -0.0622 e. The summed E-state index contributed by atoms with van der Waals surface area (Å²) in [5.41, 5.74) is 7.64. The number of hydrogen-bond donors (Lipinski definition) is 0.